The number of carboxylic acid groups (broad SMARTS) is 1. The van der Waals surface area contributed by atoms with Crippen molar-refractivity contribution in [1.29, 1.82) is 0 Å². The molecule has 2 rings (SSSR count). The fourth-order valence-electron chi connectivity index (χ4n) is 5.30. The second kappa shape index (κ2) is 20.2. The van der Waals surface area contributed by atoms with Crippen molar-refractivity contribution in [1.82, 2.24) is 0 Å². The van der Waals surface area contributed by atoms with Gasteiger partial charge in [0.2, 0.25) is 5.69 Å². The molecule has 54 heavy (non-hydrogen) atoms. The van der Waals surface area contributed by atoms with Gasteiger partial charge in [0, 0.05) is 54.5 Å². The van der Waals surface area contributed by atoms with Gasteiger partial charge in [-0.05, 0) is 63.5 Å². The van der Waals surface area contributed by atoms with Gasteiger partial charge in [0.1, 0.15) is 6.54 Å². The van der Waals surface area contributed by atoms with Gasteiger partial charge < -0.3 is 14.7 Å². The van der Waals surface area contributed by atoms with E-state index < -0.39 is 59.6 Å². The summed E-state index contributed by atoms with van der Waals surface area (Å²) in [6.45, 7) is 6.51. The summed E-state index contributed by atoms with van der Waals surface area (Å²) in [5.41, 5.74) is 3.07. The largest absolute Gasteiger partial charge is 0.478 e. The summed E-state index contributed by atoms with van der Waals surface area (Å²) < 4.78 is 102. The van der Waals surface area contributed by atoms with Crippen LogP contribution in [0, 0.1) is 13.8 Å². The Labute approximate surface area is 315 Å². The molecule has 19 heteroatoms. The monoisotopic (exact) mass is 813 g/mol. The molecule has 4 N–H and O–H groups in total. The van der Waals surface area contributed by atoms with Crippen LogP contribution in [0.2, 0.25) is 0 Å². The molecule has 0 aromatic heterocycles. The number of carboxylic acids is 1. The van der Waals surface area contributed by atoms with Gasteiger partial charge in [-0.15, -0.1) is 0 Å². The zero-order valence-electron chi connectivity index (χ0n) is 30.2. The van der Waals surface area contributed by atoms with E-state index in [0.29, 0.717) is 40.2 Å². The van der Waals surface area contributed by atoms with Crippen molar-refractivity contribution in [2.45, 2.75) is 47.0 Å². The average Bonchev–Trinajstić information content (AvgIpc) is 3.05. The van der Waals surface area contributed by atoms with Gasteiger partial charge in [0.25, 0.3) is 30.4 Å². The molecule has 0 fully saturated rings. The Morgan fingerprint density at radius 3 is 2.04 bits per heavy atom. The van der Waals surface area contributed by atoms with E-state index in [2.05, 4.69) is 0 Å². The number of ether oxygens (including phenoxy) is 1. The van der Waals surface area contributed by atoms with Crippen molar-refractivity contribution in [2.75, 3.05) is 41.9 Å². The zero-order valence-corrected chi connectivity index (χ0v) is 32.7. The maximum absolute atomic E-state index is 12.9. The molecule has 2 aromatic rings. The third kappa shape index (κ3) is 15.4. The van der Waals surface area contributed by atoms with Crippen molar-refractivity contribution >= 4 is 65.7 Å². The van der Waals surface area contributed by atoms with Crippen molar-refractivity contribution in [3.05, 3.63) is 94.2 Å². The van der Waals surface area contributed by atoms with Crippen LogP contribution >= 0.6 is 0 Å². The number of hydrogen-bond donors (Lipinski definition) is 4. The summed E-state index contributed by atoms with van der Waals surface area (Å²) in [5, 5.41) is 9.61. The number of carbonyl (C=O) groups excluding carboxylic acids is 2. The number of anilines is 1. The smallest absolute Gasteiger partial charge is 0.338 e. The summed E-state index contributed by atoms with van der Waals surface area (Å²) in [4.78, 5) is 38.3. The number of aldehydes is 1. The minimum absolute atomic E-state index is 0.0258. The zero-order chi connectivity index (χ0) is 40.9. The van der Waals surface area contributed by atoms with Crippen LogP contribution in [0.25, 0.3) is 0 Å². The van der Waals surface area contributed by atoms with Crippen molar-refractivity contribution in [3.8, 4) is 0 Å². The quantitative estimate of drug-likeness (QED) is 0.0259. The van der Waals surface area contributed by atoms with E-state index in [0.717, 1.165) is 0 Å². The molecule has 0 saturated carbocycles. The Balaban J connectivity index is 2.51. The third-order valence-electron chi connectivity index (χ3n) is 8.00. The Kier molecular flexibility index (Phi) is 17.1. The molecular weight excluding hydrogens is 769 g/mol. The highest BCUT2D eigenvalue weighted by Gasteiger charge is 2.23. The minimum Gasteiger partial charge on any atom is -0.478 e. The molecule has 0 radical (unpaired) electrons. The van der Waals surface area contributed by atoms with Crippen LogP contribution < -0.4 is 4.90 Å². The van der Waals surface area contributed by atoms with Crippen LogP contribution in [0.1, 0.15) is 75.3 Å². The van der Waals surface area contributed by atoms with Crippen LogP contribution in [-0.4, -0.2) is 109 Å². The summed E-state index contributed by atoms with van der Waals surface area (Å²) in [6.07, 6.45) is 8.70. The summed E-state index contributed by atoms with van der Waals surface area (Å²) >= 11 is 0. The summed E-state index contributed by atoms with van der Waals surface area (Å²) in [6, 6.07) is 7.44. The second-order valence-corrected chi connectivity index (χ2v) is 16.8. The van der Waals surface area contributed by atoms with Crippen LogP contribution in [0.5, 0.6) is 0 Å². The maximum atomic E-state index is 12.9. The number of rotatable bonds is 21. The molecule has 0 aliphatic carbocycles. The van der Waals surface area contributed by atoms with Crippen LogP contribution in [-0.2, 0) is 35.1 Å². The average molecular weight is 814 g/mol. The summed E-state index contributed by atoms with van der Waals surface area (Å²) in [7, 11) is -12.8. The van der Waals surface area contributed by atoms with Gasteiger partial charge in [-0.1, -0.05) is 24.3 Å². The van der Waals surface area contributed by atoms with E-state index in [9.17, 15) is 53.8 Å². The molecule has 296 valence electrons. The molecule has 2 aromatic carbocycles. The van der Waals surface area contributed by atoms with Gasteiger partial charge in [0.05, 0.1) is 35.0 Å². The van der Waals surface area contributed by atoms with Crippen LogP contribution in [0.4, 0.5) is 11.4 Å². The van der Waals surface area contributed by atoms with Gasteiger partial charge in [0.15, 0.2) is 12.0 Å². The Bertz CT molecular complexity index is 2170. The lowest BCUT2D eigenvalue weighted by Gasteiger charge is -2.27. The third-order valence-corrected chi connectivity index (χ3v) is 10.4. The van der Waals surface area contributed by atoms with Crippen LogP contribution in [0.3, 0.4) is 0 Å². The molecule has 16 nitrogen and oxygen atoms in total. The molecule has 0 amide bonds. The summed E-state index contributed by atoms with van der Waals surface area (Å²) in [5.74, 6) is -3.70. The van der Waals surface area contributed by atoms with Gasteiger partial charge >= 0.3 is 11.9 Å². The highest BCUT2D eigenvalue weighted by Crippen LogP contribution is 2.28. The predicted molar refractivity (Wildman–Crippen MR) is 203 cm³/mol. The number of aromatic carboxylic acids is 1. The van der Waals surface area contributed by atoms with Gasteiger partial charge in [-0.25, -0.2) is 9.59 Å². The van der Waals surface area contributed by atoms with Gasteiger partial charge in [-0.3, -0.25) is 18.5 Å². The molecule has 0 atom stereocenters. The second-order valence-electron chi connectivity index (χ2n) is 12.1. The first-order chi connectivity index (χ1) is 25.0. The van der Waals surface area contributed by atoms with Crippen molar-refractivity contribution in [3.63, 3.8) is 0 Å². The molecule has 0 aliphatic rings. The fourth-order valence-corrected chi connectivity index (χ4v) is 6.77. The Morgan fingerprint density at radius 2 is 1.44 bits per heavy atom. The van der Waals surface area contributed by atoms with Crippen molar-refractivity contribution in [2.24, 2.45) is 0 Å². The minimum atomic E-state index is -4.32. The maximum Gasteiger partial charge on any atom is 0.338 e. The number of hydrogen-bond acceptors (Lipinski definition) is 11. The lowest BCUT2D eigenvalue weighted by atomic mass is 10.0. The molecule has 0 unspecified atom stereocenters. The molecule has 0 spiro atoms. The normalized spacial score (nSPS) is 13.3. The molecule has 0 bridgehead atoms. The molecule has 0 aliphatic heterocycles. The molecule has 0 saturated heterocycles. The van der Waals surface area contributed by atoms with E-state index in [1.165, 1.54) is 18.2 Å². The highest BCUT2D eigenvalue weighted by atomic mass is 32.2. The first-order valence-electron chi connectivity index (χ1n) is 16.4. The van der Waals surface area contributed by atoms with E-state index >= 15 is 0 Å². The Morgan fingerprint density at radius 1 is 0.833 bits per heavy atom. The SMILES string of the molecule is C\C(=C/C=C/C=C/C(C)=[N+](\CCCS(=O)(=O)O)c1cc(C(=O)OCCCS(=O)(=O)O)cc(C=O)c1C)N(CCCS(=O)(=O)O)c1cccc(C(=O)O)c1C. The van der Waals surface area contributed by atoms with E-state index in [4.69, 9.17) is 9.29 Å². The number of allylic oxidation sites excluding steroid dienone is 6. The number of nitrogens with zero attached hydrogens (tertiary/aromatic N) is 2. The lowest BCUT2D eigenvalue weighted by molar-refractivity contribution is -0.440. The number of carbonyl (C=O) groups is 3. The fraction of sp³-hybridized carbons (Fsp3) is 0.371. The number of esters is 1. The first-order valence-corrected chi connectivity index (χ1v) is 21.2. The standard InChI is InChI=1S/C35H44N2O14S3/c1-25(36(16-9-19-52(42,43)44)32-15-8-14-31(28(32)4)34(39)40)12-6-5-7-13-26(2)37(17-10-20-53(45,46)47)33-23-29(22-30(24-38)27(33)3)35(41)51-18-11-21-54(48,49)50/h5-8,12-15,22-24H,9-11,16-21H2,1-4H3,(H3-,39,40,42,43,44,45,46,47,48,49,50)/p+1. The van der Waals surface area contributed by atoms with E-state index in [-0.39, 0.29) is 55.6 Å². The Hall–Kier alpha value is -4.53. The van der Waals surface area contributed by atoms with Crippen LogP contribution in [0.15, 0.2) is 66.4 Å². The topological polar surface area (TPSA) is 250 Å². The van der Waals surface area contributed by atoms with E-state index in [1.54, 1.807) is 79.7 Å². The molecule has 0 heterocycles. The van der Waals surface area contributed by atoms with Gasteiger partial charge in [-0.2, -0.15) is 29.8 Å². The van der Waals surface area contributed by atoms with E-state index in [1.807, 2.05) is 0 Å². The predicted octanol–water partition coefficient (Wildman–Crippen LogP) is 4.43. The lowest BCUT2D eigenvalue weighted by Crippen LogP contribution is -2.25. The molecular formula is C35H45N2O14S3+. The first kappa shape index (κ1) is 45.6. The van der Waals surface area contributed by atoms with Crippen molar-refractivity contribution < 1.29 is 67.7 Å². The number of benzene rings is 2. The highest BCUT2D eigenvalue weighted by molar-refractivity contribution is 7.86.